The van der Waals surface area contributed by atoms with E-state index in [0.717, 1.165) is 0 Å². The summed E-state index contributed by atoms with van der Waals surface area (Å²) < 4.78 is 0. The summed E-state index contributed by atoms with van der Waals surface area (Å²) in [6.45, 7) is 10.7. The molecule has 0 fully saturated rings. The number of ketones is 1. The number of hydrogen-bond donors (Lipinski definition) is 0. The second-order valence-corrected chi connectivity index (χ2v) is 14.6. The Morgan fingerprint density at radius 1 is 0.583 bits per heavy atom. The van der Waals surface area contributed by atoms with Crippen LogP contribution in [0.1, 0.15) is 57.0 Å². The number of carbonyl (C=O) groups excluding carboxylic acids is 1. The molecule has 0 bridgehead atoms. The van der Waals surface area contributed by atoms with Gasteiger partial charge in [0, 0.05) is 10.8 Å². The van der Waals surface area contributed by atoms with Gasteiger partial charge in [0.1, 0.15) is 28.8 Å². The minimum absolute atomic E-state index is 0. The lowest BCUT2D eigenvalue weighted by Crippen LogP contribution is -3.00. The van der Waals surface area contributed by atoms with Crippen molar-refractivity contribution < 1.29 is 21.8 Å². The van der Waals surface area contributed by atoms with Crippen molar-refractivity contribution in [2.45, 2.75) is 51.1 Å². The second kappa shape index (κ2) is 9.73. The van der Waals surface area contributed by atoms with E-state index in [1.165, 1.54) is 32.6 Å². The highest BCUT2D eigenvalue weighted by Gasteiger charge is 2.53. The number of benzene rings is 4. The van der Waals surface area contributed by atoms with Gasteiger partial charge in [-0.25, -0.2) is 0 Å². The lowest BCUT2D eigenvalue weighted by Gasteiger charge is -2.33. The van der Waals surface area contributed by atoms with Crippen molar-refractivity contribution in [3.8, 4) is 0 Å². The van der Waals surface area contributed by atoms with Gasteiger partial charge in [0.15, 0.2) is 5.78 Å². The molecule has 1 unspecified atom stereocenters. The van der Waals surface area contributed by atoms with Gasteiger partial charge in [-0.3, -0.25) is 4.79 Å². The summed E-state index contributed by atoms with van der Waals surface area (Å²) in [4.78, 5) is 13.4. The minimum Gasteiger partial charge on any atom is -1.00 e. The molecule has 5 rings (SSSR count). The van der Waals surface area contributed by atoms with Crippen LogP contribution in [0.5, 0.6) is 0 Å². The fourth-order valence-electron chi connectivity index (χ4n) is 6.24. The van der Waals surface area contributed by atoms with Crippen LogP contribution in [0.15, 0.2) is 109 Å². The fraction of sp³-hybridized carbons (Fsp3) is 0.242. The molecule has 4 aromatic carbocycles. The molecule has 184 valence electrons. The van der Waals surface area contributed by atoms with Crippen LogP contribution in [0, 0.1) is 0 Å². The van der Waals surface area contributed by atoms with Gasteiger partial charge in [-0.1, -0.05) is 72.8 Å². The van der Waals surface area contributed by atoms with Crippen LogP contribution in [0.2, 0.25) is 0 Å². The predicted molar refractivity (Wildman–Crippen MR) is 151 cm³/mol. The summed E-state index contributed by atoms with van der Waals surface area (Å²) in [5, 5.41) is 4.13. The number of hydrogen-bond acceptors (Lipinski definition) is 1. The molecule has 36 heavy (non-hydrogen) atoms. The molecule has 0 heterocycles. The Bertz CT molecular complexity index is 1260. The van der Waals surface area contributed by atoms with Crippen LogP contribution in [-0.2, 0) is 15.6 Å². The van der Waals surface area contributed by atoms with E-state index in [0.29, 0.717) is 5.78 Å². The molecule has 0 spiro atoms. The van der Waals surface area contributed by atoms with Gasteiger partial charge in [0.05, 0.1) is 0 Å². The summed E-state index contributed by atoms with van der Waals surface area (Å²) in [6.07, 6.45) is 0. The van der Waals surface area contributed by atoms with Crippen LogP contribution >= 0.6 is 7.26 Å². The van der Waals surface area contributed by atoms with Gasteiger partial charge in [0.25, 0.3) is 0 Å². The Morgan fingerprint density at radius 2 is 0.972 bits per heavy atom. The molecule has 0 saturated carbocycles. The molecule has 0 saturated heterocycles. The number of Topliss-reactive ketones (excluding diaryl/α,β-unsaturated/α-hetero) is 1. The zero-order chi connectivity index (χ0) is 24.8. The maximum Gasteiger partial charge on any atom is 0.152 e. The topological polar surface area (TPSA) is 17.1 Å². The van der Waals surface area contributed by atoms with Crippen molar-refractivity contribution >= 4 is 29.0 Å². The van der Waals surface area contributed by atoms with Crippen molar-refractivity contribution in [1.29, 1.82) is 0 Å². The van der Waals surface area contributed by atoms with E-state index in [1.807, 2.05) is 0 Å². The number of fused-ring (bicyclic) bond motifs is 1. The molecule has 1 aliphatic carbocycles. The van der Waals surface area contributed by atoms with Crippen LogP contribution in [0.25, 0.3) is 0 Å². The molecular weight excluding hydrogens is 523 g/mol. The first-order valence-electron chi connectivity index (χ1n) is 12.5. The standard InChI is InChI=1S/C33H34OP.BrH/c1-24(25-21-22-29-30(23-25)33(4,5)31(34)32(29,2)3)35(26-15-9-6-10-16-26,27-17-11-7-12-18-27)28-19-13-8-14-20-28;/h6-24H,1-5H3;1H/q+1;/p-1. The van der Waals surface area contributed by atoms with Crippen molar-refractivity contribution in [2.75, 3.05) is 0 Å². The molecule has 3 heteroatoms. The van der Waals surface area contributed by atoms with Gasteiger partial charge in [0.2, 0.25) is 0 Å². The molecule has 0 radical (unpaired) electrons. The van der Waals surface area contributed by atoms with E-state index in [4.69, 9.17) is 0 Å². The quantitative estimate of drug-likeness (QED) is 0.341. The third kappa shape index (κ3) is 3.90. The maximum atomic E-state index is 13.4. The van der Waals surface area contributed by atoms with Crippen molar-refractivity contribution in [3.63, 3.8) is 0 Å². The molecule has 0 aliphatic heterocycles. The SMILES string of the molecule is CC(c1ccc2c(c1)C(C)(C)C(=O)C2(C)C)[P+](c1ccccc1)(c1ccccc1)c1ccccc1.[Br-]. The molecule has 1 nitrogen and oxygen atoms in total. The largest absolute Gasteiger partial charge is 1.00 e. The first-order chi connectivity index (χ1) is 16.7. The Morgan fingerprint density at radius 3 is 1.39 bits per heavy atom. The summed E-state index contributed by atoms with van der Waals surface area (Å²) in [5.41, 5.74) is 2.95. The van der Waals surface area contributed by atoms with Crippen molar-refractivity contribution in [2.24, 2.45) is 0 Å². The summed E-state index contributed by atoms with van der Waals surface area (Å²) >= 11 is 0. The highest BCUT2D eigenvalue weighted by molar-refractivity contribution is 7.95. The molecule has 0 N–H and O–H groups in total. The van der Waals surface area contributed by atoms with E-state index in [9.17, 15) is 4.79 Å². The average Bonchev–Trinajstić information content (AvgIpc) is 3.03. The lowest BCUT2D eigenvalue weighted by atomic mass is 9.80. The average molecular weight is 558 g/mol. The highest BCUT2D eigenvalue weighted by Crippen LogP contribution is 2.66. The zero-order valence-corrected chi connectivity index (χ0v) is 24.2. The minimum atomic E-state index is -2.07. The molecule has 0 amide bonds. The van der Waals surface area contributed by atoms with E-state index in [2.05, 4.69) is 144 Å². The van der Waals surface area contributed by atoms with Gasteiger partial charge < -0.3 is 17.0 Å². The first kappa shape index (κ1) is 26.5. The summed E-state index contributed by atoms with van der Waals surface area (Å²) in [5.74, 6) is 0.306. The van der Waals surface area contributed by atoms with Crippen LogP contribution in [-0.4, -0.2) is 5.78 Å². The molecule has 0 aromatic heterocycles. The van der Waals surface area contributed by atoms with Gasteiger partial charge in [-0.2, -0.15) is 0 Å². The normalized spacial score (nSPS) is 16.6. The molecular formula is C33H34BrOP. The second-order valence-electron chi connectivity index (χ2n) is 10.8. The molecule has 1 atom stereocenters. The van der Waals surface area contributed by atoms with Crippen molar-refractivity contribution in [1.82, 2.24) is 0 Å². The monoisotopic (exact) mass is 556 g/mol. The Balaban J connectivity index is 0.00000304. The fourth-order valence-corrected chi connectivity index (χ4v) is 11.0. The summed E-state index contributed by atoms with van der Waals surface area (Å²) in [7, 11) is -2.07. The van der Waals surface area contributed by atoms with E-state index in [-0.39, 0.29) is 22.6 Å². The van der Waals surface area contributed by atoms with E-state index < -0.39 is 18.1 Å². The van der Waals surface area contributed by atoms with Crippen LogP contribution in [0.3, 0.4) is 0 Å². The third-order valence-electron chi connectivity index (χ3n) is 8.08. The van der Waals surface area contributed by atoms with Crippen molar-refractivity contribution in [3.05, 3.63) is 126 Å². The van der Waals surface area contributed by atoms with Gasteiger partial charge in [-0.15, -0.1) is 0 Å². The number of carbonyl (C=O) groups is 1. The maximum absolute atomic E-state index is 13.4. The highest BCUT2D eigenvalue weighted by atomic mass is 79.9. The predicted octanol–water partition coefficient (Wildman–Crippen LogP) is 3.88. The Kier molecular flexibility index (Phi) is 7.17. The van der Waals surface area contributed by atoms with Crippen LogP contribution in [0.4, 0.5) is 0 Å². The Hall–Kier alpha value is -2.54. The smallest absolute Gasteiger partial charge is 0.152 e. The van der Waals surface area contributed by atoms with Gasteiger partial charge in [-0.05, 0) is 87.7 Å². The Labute approximate surface area is 227 Å². The summed E-state index contributed by atoms with van der Waals surface area (Å²) in [6, 6.07) is 39.9. The zero-order valence-electron chi connectivity index (χ0n) is 21.7. The van der Waals surface area contributed by atoms with Gasteiger partial charge >= 0.3 is 0 Å². The molecule has 1 aliphatic rings. The number of halogens is 1. The third-order valence-corrected chi connectivity index (χ3v) is 12.9. The van der Waals surface area contributed by atoms with E-state index >= 15 is 0 Å². The molecule has 4 aromatic rings. The first-order valence-corrected chi connectivity index (χ1v) is 14.3. The lowest BCUT2D eigenvalue weighted by molar-refractivity contribution is -0.126. The van der Waals surface area contributed by atoms with E-state index in [1.54, 1.807) is 0 Å². The van der Waals surface area contributed by atoms with Crippen LogP contribution < -0.4 is 32.9 Å². The number of rotatable bonds is 5.